The van der Waals surface area contributed by atoms with E-state index in [1.807, 2.05) is 24.3 Å². The summed E-state index contributed by atoms with van der Waals surface area (Å²) in [5.74, 6) is 1.21. The highest BCUT2D eigenvalue weighted by Crippen LogP contribution is 2.40. The molecular formula is C18H19FN2O3. The molecule has 2 N–H and O–H groups in total. The molecule has 3 rings (SSSR count). The van der Waals surface area contributed by atoms with Crippen LogP contribution < -0.4 is 10.1 Å². The van der Waals surface area contributed by atoms with Crippen LogP contribution in [0.5, 0.6) is 11.5 Å². The summed E-state index contributed by atoms with van der Waals surface area (Å²) in [4.78, 5) is 11.4. The Kier molecular flexibility index (Phi) is 4.66. The van der Waals surface area contributed by atoms with Gasteiger partial charge in [0.25, 0.3) is 0 Å². The summed E-state index contributed by atoms with van der Waals surface area (Å²) in [7, 11) is 1.48. The summed E-state index contributed by atoms with van der Waals surface area (Å²) >= 11 is 0. The molecule has 2 aromatic carbocycles. The zero-order chi connectivity index (χ0) is 17.1. The van der Waals surface area contributed by atoms with Gasteiger partial charge in [-0.05, 0) is 60.7 Å². The van der Waals surface area contributed by atoms with Crippen LogP contribution in [0.2, 0.25) is 0 Å². The molecule has 5 nitrogen and oxygen atoms in total. The molecule has 1 aliphatic rings. The Morgan fingerprint density at radius 1 is 1.21 bits per heavy atom. The Labute approximate surface area is 139 Å². The largest absolute Gasteiger partial charge is 0.457 e. The van der Waals surface area contributed by atoms with Gasteiger partial charge in [0, 0.05) is 7.05 Å². The average molecular weight is 330 g/mol. The molecule has 126 valence electrons. The molecule has 0 radical (unpaired) electrons. The number of carbonyl (C=O) groups is 1. The highest BCUT2D eigenvalue weighted by Gasteiger charge is 2.36. The number of urea groups is 1. The number of amides is 2. The molecule has 6 heteroatoms. The van der Waals surface area contributed by atoms with Crippen LogP contribution in [-0.4, -0.2) is 29.4 Å². The summed E-state index contributed by atoms with van der Waals surface area (Å²) in [5, 5.41) is 12.9. The van der Waals surface area contributed by atoms with Crippen LogP contribution in [0, 0.1) is 5.82 Å². The Morgan fingerprint density at radius 2 is 1.92 bits per heavy atom. The maximum absolute atomic E-state index is 12.9. The molecule has 1 fully saturated rings. The summed E-state index contributed by atoms with van der Waals surface area (Å²) in [6.45, 7) is 0. The Bertz CT molecular complexity index is 714. The number of rotatable bonds is 4. The SMILES string of the molecule is CNC(=O)N(O)C1CC(c2cccc(Oc3ccc(F)cc3)c2)C1. The van der Waals surface area contributed by atoms with E-state index in [2.05, 4.69) is 5.32 Å². The maximum atomic E-state index is 12.9. The second-order valence-electron chi connectivity index (χ2n) is 5.85. The minimum absolute atomic E-state index is 0.170. The predicted molar refractivity (Wildman–Crippen MR) is 86.8 cm³/mol. The Hall–Kier alpha value is -2.60. The molecule has 0 saturated heterocycles. The molecule has 0 aromatic heterocycles. The van der Waals surface area contributed by atoms with Crippen LogP contribution in [0.15, 0.2) is 48.5 Å². The van der Waals surface area contributed by atoms with Gasteiger partial charge >= 0.3 is 6.03 Å². The number of nitrogens with one attached hydrogen (secondary N) is 1. The molecule has 0 bridgehead atoms. The Morgan fingerprint density at radius 3 is 2.58 bits per heavy atom. The number of benzene rings is 2. The minimum atomic E-state index is -0.494. The van der Waals surface area contributed by atoms with Crippen molar-refractivity contribution in [1.29, 1.82) is 0 Å². The fraction of sp³-hybridized carbons (Fsp3) is 0.278. The van der Waals surface area contributed by atoms with Gasteiger partial charge in [-0.2, -0.15) is 0 Å². The van der Waals surface area contributed by atoms with E-state index >= 15 is 0 Å². The van der Waals surface area contributed by atoms with Gasteiger partial charge in [0.2, 0.25) is 0 Å². The van der Waals surface area contributed by atoms with E-state index in [1.54, 1.807) is 12.1 Å². The molecule has 1 saturated carbocycles. The van der Waals surface area contributed by atoms with Gasteiger partial charge in [-0.15, -0.1) is 0 Å². The first-order valence-corrected chi connectivity index (χ1v) is 7.80. The first-order chi connectivity index (χ1) is 11.6. The third-order valence-electron chi connectivity index (χ3n) is 4.26. The van der Waals surface area contributed by atoms with Gasteiger partial charge in [0.1, 0.15) is 17.3 Å². The zero-order valence-electron chi connectivity index (χ0n) is 13.3. The Balaban J connectivity index is 1.62. The fourth-order valence-corrected chi connectivity index (χ4v) is 2.81. The van der Waals surface area contributed by atoms with Crippen LogP contribution in [0.1, 0.15) is 24.3 Å². The highest BCUT2D eigenvalue weighted by molar-refractivity contribution is 5.72. The number of ether oxygens (including phenoxy) is 1. The van der Waals surface area contributed by atoms with Crippen LogP contribution in [0.4, 0.5) is 9.18 Å². The summed E-state index contributed by atoms with van der Waals surface area (Å²) in [6.07, 6.45) is 1.40. The van der Waals surface area contributed by atoms with Crippen molar-refractivity contribution in [2.24, 2.45) is 0 Å². The van der Waals surface area contributed by atoms with Crippen molar-refractivity contribution in [3.63, 3.8) is 0 Å². The lowest BCUT2D eigenvalue weighted by Crippen LogP contribution is -2.48. The standard InChI is InChI=1S/C18H19FN2O3/c1-20-18(22)21(23)15-9-13(10-15)12-3-2-4-17(11-12)24-16-7-5-14(19)6-8-16/h2-8,11,13,15,23H,9-10H2,1H3,(H,20,22). The molecule has 0 aliphatic heterocycles. The fourth-order valence-electron chi connectivity index (χ4n) is 2.81. The molecule has 0 unspecified atom stereocenters. The normalized spacial score (nSPS) is 19.3. The van der Waals surface area contributed by atoms with Gasteiger partial charge in [-0.25, -0.2) is 14.2 Å². The van der Waals surface area contributed by atoms with Crippen molar-refractivity contribution in [3.8, 4) is 11.5 Å². The van der Waals surface area contributed by atoms with E-state index in [-0.39, 0.29) is 17.8 Å². The van der Waals surface area contributed by atoms with E-state index in [0.29, 0.717) is 24.3 Å². The first-order valence-electron chi connectivity index (χ1n) is 7.80. The van der Waals surface area contributed by atoms with Crippen LogP contribution in [-0.2, 0) is 0 Å². The van der Waals surface area contributed by atoms with E-state index in [9.17, 15) is 14.4 Å². The van der Waals surface area contributed by atoms with Crippen molar-refractivity contribution in [1.82, 2.24) is 10.4 Å². The van der Waals surface area contributed by atoms with Crippen molar-refractivity contribution in [2.75, 3.05) is 7.05 Å². The second-order valence-corrected chi connectivity index (χ2v) is 5.85. The number of hydrogen-bond acceptors (Lipinski definition) is 3. The minimum Gasteiger partial charge on any atom is -0.457 e. The van der Waals surface area contributed by atoms with Gasteiger partial charge < -0.3 is 10.1 Å². The van der Waals surface area contributed by atoms with Crippen molar-refractivity contribution < 1.29 is 19.1 Å². The maximum Gasteiger partial charge on any atom is 0.341 e. The topological polar surface area (TPSA) is 61.8 Å². The molecule has 0 atom stereocenters. The van der Waals surface area contributed by atoms with Crippen LogP contribution in [0.25, 0.3) is 0 Å². The summed E-state index contributed by atoms with van der Waals surface area (Å²) < 4.78 is 18.7. The lowest BCUT2D eigenvalue weighted by molar-refractivity contribution is -0.104. The molecule has 24 heavy (non-hydrogen) atoms. The molecule has 0 spiro atoms. The molecule has 0 heterocycles. The number of halogens is 1. The van der Waals surface area contributed by atoms with E-state index < -0.39 is 6.03 Å². The lowest BCUT2D eigenvalue weighted by atomic mass is 9.75. The van der Waals surface area contributed by atoms with E-state index in [1.165, 1.54) is 19.2 Å². The summed E-state index contributed by atoms with van der Waals surface area (Å²) in [6, 6.07) is 12.9. The van der Waals surface area contributed by atoms with Crippen LogP contribution >= 0.6 is 0 Å². The zero-order valence-corrected chi connectivity index (χ0v) is 13.3. The first kappa shape index (κ1) is 16.3. The molecule has 2 amide bonds. The van der Waals surface area contributed by atoms with Gasteiger partial charge in [-0.1, -0.05) is 12.1 Å². The monoisotopic (exact) mass is 330 g/mol. The average Bonchev–Trinajstić information content (AvgIpc) is 2.55. The number of hydroxylamine groups is 2. The lowest BCUT2D eigenvalue weighted by Gasteiger charge is -2.39. The van der Waals surface area contributed by atoms with E-state index in [4.69, 9.17) is 4.74 Å². The third kappa shape index (κ3) is 3.49. The van der Waals surface area contributed by atoms with Crippen LogP contribution in [0.3, 0.4) is 0 Å². The molecule has 1 aliphatic carbocycles. The van der Waals surface area contributed by atoms with Gasteiger partial charge in [-0.3, -0.25) is 5.21 Å². The van der Waals surface area contributed by atoms with Gasteiger partial charge in [0.05, 0.1) is 6.04 Å². The quantitative estimate of drug-likeness (QED) is 0.660. The smallest absolute Gasteiger partial charge is 0.341 e. The third-order valence-corrected chi connectivity index (χ3v) is 4.26. The number of hydrogen-bond donors (Lipinski definition) is 2. The van der Waals surface area contributed by atoms with Gasteiger partial charge in [0.15, 0.2) is 0 Å². The number of nitrogens with zero attached hydrogens (tertiary/aromatic N) is 1. The van der Waals surface area contributed by atoms with Crippen molar-refractivity contribution in [3.05, 3.63) is 59.9 Å². The molecular weight excluding hydrogens is 311 g/mol. The van der Waals surface area contributed by atoms with Crippen molar-refractivity contribution in [2.45, 2.75) is 24.8 Å². The summed E-state index contributed by atoms with van der Waals surface area (Å²) in [5.41, 5.74) is 1.09. The highest BCUT2D eigenvalue weighted by atomic mass is 19.1. The van der Waals surface area contributed by atoms with Crippen molar-refractivity contribution >= 4 is 6.03 Å². The predicted octanol–water partition coefficient (Wildman–Crippen LogP) is 3.89. The molecule has 2 aromatic rings. The van der Waals surface area contributed by atoms with E-state index in [0.717, 1.165) is 10.6 Å². The second kappa shape index (κ2) is 6.88. The number of carbonyl (C=O) groups excluding carboxylic acids is 1.